The van der Waals surface area contributed by atoms with Gasteiger partial charge >= 0.3 is 6.09 Å². The molecule has 0 radical (unpaired) electrons. The SMILES string of the molecule is CC(C)(C)OC(=O)N[C@@H]1C2CCC(CC2)[C@@H]1C(=O)N1CC[C@@H]2[C@H](c3ccccc3)Nc3ccccc3[C@@H]21. The van der Waals surface area contributed by atoms with Crippen LogP contribution in [0.3, 0.4) is 0 Å². The predicted molar refractivity (Wildman–Crippen MR) is 144 cm³/mol. The first-order valence-corrected chi connectivity index (χ1v) is 14.0. The summed E-state index contributed by atoms with van der Waals surface area (Å²) in [5.74, 6) is 0.988. The minimum atomic E-state index is -0.565. The van der Waals surface area contributed by atoms with Gasteiger partial charge in [-0.3, -0.25) is 4.79 Å². The van der Waals surface area contributed by atoms with Gasteiger partial charge in [-0.05, 0) is 81.9 Å². The van der Waals surface area contributed by atoms with Crippen molar-refractivity contribution in [2.24, 2.45) is 23.7 Å². The molecule has 0 spiro atoms. The van der Waals surface area contributed by atoms with Crippen LogP contribution in [0.4, 0.5) is 10.5 Å². The summed E-state index contributed by atoms with van der Waals surface area (Å²) >= 11 is 0. The van der Waals surface area contributed by atoms with Gasteiger partial charge in [0.15, 0.2) is 0 Å². The first-order chi connectivity index (χ1) is 17.8. The van der Waals surface area contributed by atoms with Gasteiger partial charge in [0.05, 0.1) is 18.0 Å². The van der Waals surface area contributed by atoms with Gasteiger partial charge < -0.3 is 20.3 Å². The van der Waals surface area contributed by atoms with Crippen molar-refractivity contribution in [2.75, 3.05) is 11.9 Å². The number of likely N-dealkylation sites (tertiary alicyclic amines) is 1. The van der Waals surface area contributed by atoms with E-state index in [-0.39, 0.29) is 30.0 Å². The summed E-state index contributed by atoms with van der Waals surface area (Å²) in [6.07, 6.45) is 4.84. The molecule has 2 N–H and O–H groups in total. The largest absolute Gasteiger partial charge is 0.444 e. The minimum Gasteiger partial charge on any atom is -0.444 e. The fraction of sp³-hybridized carbons (Fsp3) is 0.548. The first-order valence-electron chi connectivity index (χ1n) is 14.0. The second-order valence-electron chi connectivity index (χ2n) is 12.4. The van der Waals surface area contributed by atoms with Crippen LogP contribution in [0.25, 0.3) is 0 Å². The predicted octanol–water partition coefficient (Wildman–Crippen LogP) is 6.07. The van der Waals surface area contributed by atoms with E-state index in [0.717, 1.165) is 44.3 Å². The quantitative estimate of drug-likeness (QED) is 0.535. The molecule has 2 aromatic carbocycles. The lowest BCUT2D eigenvalue weighted by atomic mass is 9.61. The standard InChI is InChI=1S/C31H39N3O3/c1-31(2,3)37-30(36)33-27-21-15-13-19(14-16-21)25(27)29(35)34-18-17-23-26(20-9-5-4-6-10-20)32-24-12-8-7-11-22(24)28(23)34/h4-12,19,21,23,25-28,32H,13-18H2,1-3H3,(H,33,36)/t19?,21?,23-,25+,26+,27-,28+/m1/s1. The van der Waals surface area contributed by atoms with E-state index in [1.807, 2.05) is 20.8 Å². The molecule has 196 valence electrons. The number of nitrogens with one attached hydrogen (secondary N) is 2. The smallest absolute Gasteiger partial charge is 0.407 e. The molecule has 3 saturated carbocycles. The van der Waals surface area contributed by atoms with Crippen LogP contribution in [0.1, 0.15) is 76.1 Å². The molecule has 5 atom stereocenters. The van der Waals surface area contributed by atoms with E-state index in [2.05, 4.69) is 70.1 Å². The normalized spacial score (nSPS) is 32.2. The van der Waals surface area contributed by atoms with Crippen LogP contribution in [0.5, 0.6) is 0 Å². The van der Waals surface area contributed by atoms with Gasteiger partial charge in [0.1, 0.15) is 5.60 Å². The molecular formula is C31H39N3O3. The first kappa shape index (κ1) is 24.3. The van der Waals surface area contributed by atoms with Gasteiger partial charge in [-0.1, -0.05) is 48.5 Å². The maximum absolute atomic E-state index is 14.5. The number of hydrogen-bond donors (Lipinski definition) is 2. The van der Waals surface area contributed by atoms with E-state index in [1.165, 1.54) is 11.1 Å². The van der Waals surface area contributed by atoms with Crippen molar-refractivity contribution in [1.29, 1.82) is 0 Å². The Kier molecular flexibility index (Phi) is 6.16. The molecule has 6 nitrogen and oxygen atoms in total. The zero-order valence-electron chi connectivity index (χ0n) is 22.2. The summed E-state index contributed by atoms with van der Waals surface area (Å²) in [5, 5.41) is 6.96. The van der Waals surface area contributed by atoms with Gasteiger partial charge in [0.25, 0.3) is 0 Å². The number of alkyl carbamates (subject to hydrolysis) is 1. The highest BCUT2D eigenvalue weighted by Gasteiger charge is 2.53. The second kappa shape index (κ2) is 9.38. The zero-order valence-corrected chi connectivity index (χ0v) is 22.2. The maximum Gasteiger partial charge on any atom is 0.407 e. The van der Waals surface area contributed by atoms with Crippen LogP contribution in [0, 0.1) is 23.7 Å². The number of rotatable bonds is 3. The van der Waals surface area contributed by atoms with Crippen molar-refractivity contribution in [3.63, 3.8) is 0 Å². The Hall–Kier alpha value is -3.02. The van der Waals surface area contributed by atoms with Crippen molar-refractivity contribution >= 4 is 17.7 Å². The fourth-order valence-electron chi connectivity index (χ4n) is 7.61. The molecule has 4 fully saturated rings. The second-order valence-corrected chi connectivity index (χ2v) is 12.4. The third-order valence-electron chi connectivity index (χ3n) is 9.09. The molecule has 0 unspecified atom stereocenters. The maximum atomic E-state index is 14.5. The van der Waals surface area contributed by atoms with Crippen molar-refractivity contribution in [1.82, 2.24) is 10.2 Å². The highest BCUT2D eigenvalue weighted by atomic mass is 16.6. The van der Waals surface area contributed by atoms with E-state index in [0.29, 0.717) is 17.8 Å². The zero-order chi connectivity index (χ0) is 25.7. The Morgan fingerprint density at radius 2 is 1.59 bits per heavy atom. The average Bonchev–Trinajstić information content (AvgIpc) is 3.33. The Bertz CT molecular complexity index is 1150. The third kappa shape index (κ3) is 4.49. The van der Waals surface area contributed by atoms with Gasteiger partial charge in [-0.2, -0.15) is 0 Å². The number of para-hydroxylation sites is 1. The number of nitrogens with zero attached hydrogens (tertiary/aromatic N) is 1. The Morgan fingerprint density at radius 1 is 0.919 bits per heavy atom. The molecule has 2 bridgehead atoms. The Balaban J connectivity index is 1.31. The topological polar surface area (TPSA) is 70.7 Å². The van der Waals surface area contributed by atoms with Crippen molar-refractivity contribution < 1.29 is 14.3 Å². The molecule has 0 aromatic heterocycles. The van der Waals surface area contributed by atoms with E-state index >= 15 is 0 Å². The molecule has 2 aromatic rings. The molecule has 37 heavy (non-hydrogen) atoms. The molecular weight excluding hydrogens is 462 g/mol. The lowest BCUT2D eigenvalue weighted by molar-refractivity contribution is -0.144. The molecule has 7 rings (SSSR count). The fourth-order valence-corrected chi connectivity index (χ4v) is 7.61. The lowest BCUT2D eigenvalue weighted by Gasteiger charge is -2.49. The average molecular weight is 502 g/mol. The summed E-state index contributed by atoms with van der Waals surface area (Å²) in [4.78, 5) is 29.5. The van der Waals surface area contributed by atoms with Crippen molar-refractivity contribution in [3.05, 3.63) is 65.7 Å². The molecule has 5 aliphatic rings. The highest BCUT2D eigenvalue weighted by Crippen LogP contribution is 2.53. The van der Waals surface area contributed by atoms with E-state index in [1.54, 1.807) is 0 Å². The molecule has 1 saturated heterocycles. The molecule has 2 aliphatic heterocycles. The van der Waals surface area contributed by atoms with Gasteiger partial charge in [-0.25, -0.2) is 4.79 Å². The Morgan fingerprint density at radius 3 is 2.32 bits per heavy atom. The number of anilines is 1. The number of carbonyl (C=O) groups excluding carboxylic acids is 2. The lowest BCUT2D eigenvalue weighted by Crippen LogP contribution is -2.59. The van der Waals surface area contributed by atoms with E-state index in [4.69, 9.17) is 4.74 Å². The summed E-state index contributed by atoms with van der Waals surface area (Å²) in [6, 6.07) is 19.1. The van der Waals surface area contributed by atoms with Gasteiger partial charge in [0, 0.05) is 24.2 Å². The van der Waals surface area contributed by atoms with Crippen molar-refractivity contribution in [3.8, 4) is 0 Å². The van der Waals surface area contributed by atoms with Crippen molar-refractivity contribution in [2.45, 2.75) is 76.6 Å². The summed E-state index contributed by atoms with van der Waals surface area (Å²) < 4.78 is 5.61. The minimum absolute atomic E-state index is 0.0396. The number of carbonyl (C=O) groups is 2. The number of amides is 2. The number of benzene rings is 2. The molecule has 2 amide bonds. The third-order valence-corrected chi connectivity index (χ3v) is 9.09. The van der Waals surface area contributed by atoms with Gasteiger partial charge in [0.2, 0.25) is 5.91 Å². The Labute approximate surface area is 220 Å². The van der Waals surface area contributed by atoms with Crippen LogP contribution < -0.4 is 10.6 Å². The van der Waals surface area contributed by atoms with Crippen LogP contribution in [0.2, 0.25) is 0 Å². The number of ether oxygens (including phenoxy) is 1. The van der Waals surface area contributed by atoms with Crippen LogP contribution >= 0.6 is 0 Å². The molecule has 3 aliphatic carbocycles. The van der Waals surface area contributed by atoms with Crippen LogP contribution in [0.15, 0.2) is 54.6 Å². The summed E-state index contributed by atoms with van der Waals surface area (Å²) in [5.41, 5.74) is 3.03. The summed E-state index contributed by atoms with van der Waals surface area (Å²) in [7, 11) is 0. The van der Waals surface area contributed by atoms with E-state index in [9.17, 15) is 9.59 Å². The molecule has 2 heterocycles. The van der Waals surface area contributed by atoms with E-state index < -0.39 is 11.7 Å². The molecule has 6 heteroatoms. The van der Waals surface area contributed by atoms with Crippen LogP contribution in [-0.2, 0) is 9.53 Å². The number of fused-ring (bicyclic) bond motifs is 6. The number of hydrogen-bond acceptors (Lipinski definition) is 4. The highest BCUT2D eigenvalue weighted by molar-refractivity contribution is 5.83. The monoisotopic (exact) mass is 501 g/mol. The summed E-state index contributed by atoms with van der Waals surface area (Å²) in [6.45, 7) is 6.39. The van der Waals surface area contributed by atoms with Crippen LogP contribution in [-0.4, -0.2) is 35.1 Å². The van der Waals surface area contributed by atoms with Gasteiger partial charge in [-0.15, -0.1) is 0 Å².